The van der Waals surface area contributed by atoms with Gasteiger partial charge in [0.1, 0.15) is 0 Å². The first kappa shape index (κ1) is 14.1. The van der Waals surface area contributed by atoms with Crippen molar-refractivity contribution in [2.24, 2.45) is 11.3 Å². The zero-order valence-corrected chi connectivity index (χ0v) is 12.2. The molecule has 0 radical (unpaired) electrons. The molecule has 0 aromatic carbocycles. The number of nitrogens with one attached hydrogen (secondary N) is 2. The molecular formula is C16H30N2. The third-order valence-electron chi connectivity index (χ3n) is 4.72. The third-order valence-corrected chi connectivity index (χ3v) is 4.72. The second-order valence-corrected chi connectivity index (χ2v) is 6.94. The fourth-order valence-electron chi connectivity index (χ4n) is 3.67. The molecule has 2 nitrogen and oxygen atoms in total. The molecule has 104 valence electrons. The SMILES string of the molecule is C=CCC(C)(C)CNC1CCCC1C1CCCN1. The minimum atomic E-state index is 0.345. The molecule has 1 heterocycles. The molecule has 0 amide bonds. The molecule has 2 fully saturated rings. The van der Waals surface area contributed by atoms with Gasteiger partial charge in [0.05, 0.1) is 0 Å². The Kier molecular flexibility index (Phi) is 4.85. The van der Waals surface area contributed by atoms with E-state index in [1.54, 1.807) is 0 Å². The van der Waals surface area contributed by atoms with Crippen LogP contribution in [0.4, 0.5) is 0 Å². The summed E-state index contributed by atoms with van der Waals surface area (Å²) in [6.07, 6.45) is 10.1. The monoisotopic (exact) mass is 250 g/mol. The molecule has 1 saturated heterocycles. The zero-order valence-electron chi connectivity index (χ0n) is 12.2. The molecule has 1 aliphatic carbocycles. The molecule has 2 heteroatoms. The van der Waals surface area contributed by atoms with Gasteiger partial charge in [0, 0.05) is 18.6 Å². The summed E-state index contributed by atoms with van der Waals surface area (Å²) in [7, 11) is 0. The van der Waals surface area contributed by atoms with Gasteiger partial charge in [0.2, 0.25) is 0 Å². The van der Waals surface area contributed by atoms with Crippen LogP contribution in [-0.2, 0) is 0 Å². The second kappa shape index (κ2) is 6.21. The van der Waals surface area contributed by atoms with Crippen molar-refractivity contribution >= 4 is 0 Å². The van der Waals surface area contributed by atoms with Gasteiger partial charge in [-0.15, -0.1) is 6.58 Å². The summed E-state index contributed by atoms with van der Waals surface area (Å²) >= 11 is 0. The van der Waals surface area contributed by atoms with E-state index in [0.29, 0.717) is 5.41 Å². The van der Waals surface area contributed by atoms with Gasteiger partial charge in [-0.25, -0.2) is 0 Å². The summed E-state index contributed by atoms with van der Waals surface area (Å²) in [6.45, 7) is 10.9. The van der Waals surface area contributed by atoms with Crippen LogP contribution >= 0.6 is 0 Å². The van der Waals surface area contributed by atoms with Gasteiger partial charge in [-0.2, -0.15) is 0 Å². The smallest absolute Gasteiger partial charge is 0.0111 e. The molecule has 3 unspecified atom stereocenters. The van der Waals surface area contributed by atoms with E-state index in [4.69, 9.17) is 0 Å². The van der Waals surface area contributed by atoms with Gasteiger partial charge in [0.25, 0.3) is 0 Å². The van der Waals surface area contributed by atoms with Crippen LogP contribution in [0.1, 0.15) is 52.4 Å². The lowest BCUT2D eigenvalue weighted by atomic mass is 9.87. The molecule has 18 heavy (non-hydrogen) atoms. The molecule has 3 atom stereocenters. The van der Waals surface area contributed by atoms with Gasteiger partial charge in [-0.1, -0.05) is 26.3 Å². The van der Waals surface area contributed by atoms with Crippen molar-refractivity contribution in [1.29, 1.82) is 0 Å². The Morgan fingerprint density at radius 1 is 1.28 bits per heavy atom. The van der Waals surface area contributed by atoms with Crippen LogP contribution in [0, 0.1) is 11.3 Å². The molecule has 0 bridgehead atoms. The maximum atomic E-state index is 3.87. The van der Waals surface area contributed by atoms with Crippen LogP contribution in [0.25, 0.3) is 0 Å². The van der Waals surface area contributed by atoms with E-state index in [-0.39, 0.29) is 0 Å². The zero-order chi connectivity index (χ0) is 13.0. The summed E-state index contributed by atoms with van der Waals surface area (Å²) < 4.78 is 0. The van der Waals surface area contributed by atoms with E-state index >= 15 is 0 Å². The standard InChI is InChI=1S/C16H30N2/c1-4-10-16(2,3)12-18-15-8-5-7-13(15)14-9-6-11-17-14/h4,13-15,17-18H,1,5-12H2,2-3H3. The van der Waals surface area contributed by atoms with Crippen molar-refractivity contribution in [1.82, 2.24) is 10.6 Å². The van der Waals surface area contributed by atoms with Crippen LogP contribution in [-0.4, -0.2) is 25.2 Å². The average Bonchev–Trinajstić information content (AvgIpc) is 2.97. The summed E-state index contributed by atoms with van der Waals surface area (Å²) in [4.78, 5) is 0. The van der Waals surface area contributed by atoms with Crippen LogP contribution in [0.2, 0.25) is 0 Å². The Balaban J connectivity index is 1.82. The fraction of sp³-hybridized carbons (Fsp3) is 0.875. The van der Waals surface area contributed by atoms with Gasteiger partial charge in [0.15, 0.2) is 0 Å². The topological polar surface area (TPSA) is 24.1 Å². The van der Waals surface area contributed by atoms with Crippen molar-refractivity contribution in [3.05, 3.63) is 12.7 Å². The van der Waals surface area contributed by atoms with Gasteiger partial charge in [-0.05, 0) is 50.0 Å². The van der Waals surface area contributed by atoms with Crippen molar-refractivity contribution in [2.75, 3.05) is 13.1 Å². The highest BCUT2D eigenvalue weighted by molar-refractivity contribution is 4.94. The first-order valence-corrected chi connectivity index (χ1v) is 7.70. The maximum absolute atomic E-state index is 3.87. The lowest BCUT2D eigenvalue weighted by Crippen LogP contribution is -2.44. The molecule has 1 saturated carbocycles. The molecule has 0 aromatic rings. The van der Waals surface area contributed by atoms with E-state index in [2.05, 4.69) is 31.1 Å². The minimum Gasteiger partial charge on any atom is -0.314 e. The molecule has 2 aliphatic rings. The number of hydrogen-bond donors (Lipinski definition) is 2. The summed E-state index contributed by atoms with van der Waals surface area (Å²) in [5.41, 5.74) is 0.345. The largest absolute Gasteiger partial charge is 0.314 e. The third kappa shape index (κ3) is 3.58. The van der Waals surface area contributed by atoms with E-state index in [1.165, 1.54) is 38.6 Å². The Bertz CT molecular complexity index is 266. The summed E-state index contributed by atoms with van der Waals surface area (Å²) in [5, 5.41) is 7.54. The van der Waals surface area contributed by atoms with E-state index < -0.39 is 0 Å². The van der Waals surface area contributed by atoms with E-state index in [1.807, 2.05) is 6.08 Å². The highest BCUT2D eigenvalue weighted by atomic mass is 15.0. The van der Waals surface area contributed by atoms with Crippen LogP contribution in [0.15, 0.2) is 12.7 Å². The highest BCUT2D eigenvalue weighted by Crippen LogP contribution is 2.32. The van der Waals surface area contributed by atoms with Crippen LogP contribution in [0.5, 0.6) is 0 Å². The molecule has 0 spiro atoms. The fourth-order valence-corrected chi connectivity index (χ4v) is 3.67. The maximum Gasteiger partial charge on any atom is 0.0111 e. The van der Waals surface area contributed by atoms with Crippen molar-refractivity contribution in [3.8, 4) is 0 Å². The van der Waals surface area contributed by atoms with Crippen LogP contribution in [0.3, 0.4) is 0 Å². The number of hydrogen-bond acceptors (Lipinski definition) is 2. The highest BCUT2D eigenvalue weighted by Gasteiger charge is 2.35. The predicted octanol–water partition coefficient (Wildman–Crippen LogP) is 3.10. The average molecular weight is 250 g/mol. The predicted molar refractivity (Wildman–Crippen MR) is 78.8 cm³/mol. The van der Waals surface area contributed by atoms with Crippen molar-refractivity contribution in [2.45, 2.75) is 64.5 Å². The van der Waals surface area contributed by atoms with E-state index in [0.717, 1.165) is 31.0 Å². The number of rotatable bonds is 6. The van der Waals surface area contributed by atoms with Gasteiger partial charge >= 0.3 is 0 Å². The van der Waals surface area contributed by atoms with E-state index in [9.17, 15) is 0 Å². The first-order chi connectivity index (χ1) is 8.62. The summed E-state index contributed by atoms with van der Waals surface area (Å²) in [5.74, 6) is 0.868. The van der Waals surface area contributed by atoms with Crippen molar-refractivity contribution < 1.29 is 0 Å². The molecule has 1 aliphatic heterocycles. The first-order valence-electron chi connectivity index (χ1n) is 7.70. The normalized spacial score (nSPS) is 32.9. The quantitative estimate of drug-likeness (QED) is 0.708. The Hall–Kier alpha value is -0.340. The minimum absolute atomic E-state index is 0.345. The Morgan fingerprint density at radius 2 is 2.11 bits per heavy atom. The lowest BCUT2D eigenvalue weighted by Gasteiger charge is -2.31. The lowest BCUT2D eigenvalue weighted by molar-refractivity contribution is 0.270. The number of allylic oxidation sites excluding steroid dienone is 1. The Labute approximate surface area is 113 Å². The Morgan fingerprint density at radius 3 is 2.78 bits per heavy atom. The second-order valence-electron chi connectivity index (χ2n) is 6.94. The van der Waals surface area contributed by atoms with Crippen LogP contribution < -0.4 is 10.6 Å². The van der Waals surface area contributed by atoms with Crippen molar-refractivity contribution in [3.63, 3.8) is 0 Å². The molecular weight excluding hydrogens is 220 g/mol. The van der Waals surface area contributed by atoms with Gasteiger partial charge in [-0.3, -0.25) is 0 Å². The molecule has 0 aromatic heterocycles. The van der Waals surface area contributed by atoms with Gasteiger partial charge < -0.3 is 10.6 Å². The molecule has 2 N–H and O–H groups in total. The molecule has 2 rings (SSSR count). The summed E-state index contributed by atoms with van der Waals surface area (Å²) in [6, 6.07) is 1.53.